The molecule has 2 rings (SSSR count). The third-order valence-electron chi connectivity index (χ3n) is 2.98. The number of hydrogen-bond donors (Lipinski definition) is 1. The summed E-state index contributed by atoms with van der Waals surface area (Å²) in [4.78, 5) is 3.83. The summed E-state index contributed by atoms with van der Waals surface area (Å²) in [6.07, 6.45) is -3.26. The van der Waals surface area contributed by atoms with Crippen LogP contribution in [0.2, 0.25) is 0 Å². The summed E-state index contributed by atoms with van der Waals surface area (Å²) in [5.74, 6) is -1.36. The molecule has 108 valence electrons. The van der Waals surface area contributed by atoms with Gasteiger partial charge in [0.15, 0.2) is 0 Å². The molecule has 1 N–H and O–H groups in total. The molecule has 0 radical (unpaired) electrons. The van der Waals surface area contributed by atoms with E-state index in [9.17, 15) is 22.7 Å². The van der Waals surface area contributed by atoms with Crippen molar-refractivity contribution < 1.29 is 22.7 Å². The van der Waals surface area contributed by atoms with E-state index in [1.807, 2.05) is 6.92 Å². The highest BCUT2D eigenvalue weighted by Gasteiger charge is 2.34. The van der Waals surface area contributed by atoms with Crippen LogP contribution in [0, 0.1) is 5.82 Å². The second-order valence-corrected chi connectivity index (χ2v) is 4.24. The molecule has 2 aromatic rings. The molecule has 0 aliphatic heterocycles. The van der Waals surface area contributed by atoms with Gasteiger partial charge in [0, 0.05) is 6.54 Å². The van der Waals surface area contributed by atoms with Gasteiger partial charge in [-0.1, -0.05) is 6.07 Å². The van der Waals surface area contributed by atoms with Crippen molar-refractivity contribution in [2.45, 2.75) is 25.7 Å². The zero-order valence-electron chi connectivity index (χ0n) is 10.5. The molecule has 1 atom stereocenters. The quantitative estimate of drug-likeness (QED) is 0.881. The van der Waals surface area contributed by atoms with Gasteiger partial charge in [-0.3, -0.25) is 0 Å². The number of benzene rings is 1. The summed E-state index contributed by atoms with van der Waals surface area (Å²) >= 11 is 0. The average molecular weight is 288 g/mol. The van der Waals surface area contributed by atoms with Crippen molar-refractivity contribution in [2.75, 3.05) is 0 Å². The standard InChI is InChI=1S/C13H12F4N2O/c1-2-19-7-18-6-11(19)12(20)8-3-4-10(14)9(5-8)13(15,16)17/h3-7,12,20H,2H2,1H3. The molecule has 0 saturated heterocycles. The summed E-state index contributed by atoms with van der Waals surface area (Å²) in [7, 11) is 0. The van der Waals surface area contributed by atoms with Gasteiger partial charge in [0.25, 0.3) is 0 Å². The Morgan fingerprint density at radius 2 is 2.05 bits per heavy atom. The Balaban J connectivity index is 2.43. The van der Waals surface area contributed by atoms with E-state index in [0.717, 1.165) is 6.07 Å². The van der Waals surface area contributed by atoms with E-state index >= 15 is 0 Å². The highest BCUT2D eigenvalue weighted by atomic mass is 19.4. The van der Waals surface area contributed by atoms with Gasteiger partial charge in [-0.05, 0) is 24.6 Å². The normalized spacial score (nSPS) is 13.5. The summed E-state index contributed by atoms with van der Waals surface area (Å²) in [6.45, 7) is 2.32. The number of aryl methyl sites for hydroxylation is 1. The maximum absolute atomic E-state index is 13.2. The molecule has 0 amide bonds. The van der Waals surface area contributed by atoms with Gasteiger partial charge in [-0.15, -0.1) is 0 Å². The molecular weight excluding hydrogens is 276 g/mol. The van der Waals surface area contributed by atoms with Crippen LogP contribution in [-0.2, 0) is 12.7 Å². The van der Waals surface area contributed by atoms with Crippen molar-refractivity contribution in [3.8, 4) is 0 Å². The molecular formula is C13H12F4N2O. The molecule has 1 aromatic carbocycles. The zero-order valence-corrected chi connectivity index (χ0v) is 10.5. The first-order chi connectivity index (χ1) is 9.34. The molecule has 0 bridgehead atoms. The lowest BCUT2D eigenvalue weighted by Crippen LogP contribution is -2.12. The summed E-state index contributed by atoms with van der Waals surface area (Å²) in [5.41, 5.74) is -1.07. The minimum atomic E-state index is -4.80. The lowest BCUT2D eigenvalue weighted by Gasteiger charge is -2.15. The predicted molar refractivity (Wildman–Crippen MR) is 63.4 cm³/mol. The maximum atomic E-state index is 13.2. The Hall–Kier alpha value is -1.89. The topological polar surface area (TPSA) is 38.0 Å². The lowest BCUT2D eigenvalue weighted by molar-refractivity contribution is -0.140. The van der Waals surface area contributed by atoms with Crippen molar-refractivity contribution in [2.24, 2.45) is 0 Å². The lowest BCUT2D eigenvalue weighted by atomic mass is 10.0. The Morgan fingerprint density at radius 3 is 2.65 bits per heavy atom. The van der Waals surface area contributed by atoms with E-state index in [4.69, 9.17) is 0 Å². The van der Waals surface area contributed by atoms with E-state index in [1.54, 1.807) is 4.57 Å². The fourth-order valence-electron chi connectivity index (χ4n) is 1.92. The second kappa shape index (κ2) is 5.24. The highest BCUT2D eigenvalue weighted by molar-refractivity contribution is 5.32. The number of halogens is 4. The van der Waals surface area contributed by atoms with Gasteiger partial charge in [-0.2, -0.15) is 13.2 Å². The number of nitrogens with zero attached hydrogens (tertiary/aromatic N) is 2. The van der Waals surface area contributed by atoms with Crippen molar-refractivity contribution in [3.63, 3.8) is 0 Å². The summed E-state index contributed by atoms with van der Waals surface area (Å²) in [6, 6.07) is 2.45. The van der Waals surface area contributed by atoms with Crippen molar-refractivity contribution in [3.05, 3.63) is 53.4 Å². The van der Waals surface area contributed by atoms with Crippen LogP contribution in [-0.4, -0.2) is 14.7 Å². The number of aliphatic hydroxyl groups is 1. The molecule has 0 aliphatic carbocycles. The minimum Gasteiger partial charge on any atom is -0.382 e. The molecule has 1 unspecified atom stereocenters. The summed E-state index contributed by atoms with van der Waals surface area (Å²) in [5, 5.41) is 10.1. The first kappa shape index (κ1) is 14.5. The van der Waals surface area contributed by atoms with Crippen LogP contribution in [0.5, 0.6) is 0 Å². The maximum Gasteiger partial charge on any atom is 0.419 e. The predicted octanol–water partition coefficient (Wildman–Crippen LogP) is 3.14. The van der Waals surface area contributed by atoms with E-state index < -0.39 is 23.7 Å². The highest BCUT2D eigenvalue weighted by Crippen LogP contribution is 2.34. The van der Waals surface area contributed by atoms with E-state index in [1.165, 1.54) is 12.5 Å². The van der Waals surface area contributed by atoms with Gasteiger partial charge >= 0.3 is 6.18 Å². The van der Waals surface area contributed by atoms with Gasteiger partial charge in [0.05, 0.1) is 23.8 Å². The van der Waals surface area contributed by atoms with Crippen molar-refractivity contribution >= 4 is 0 Å². The van der Waals surface area contributed by atoms with Gasteiger partial charge < -0.3 is 9.67 Å². The number of aromatic nitrogens is 2. The van der Waals surface area contributed by atoms with Gasteiger partial charge in [0.2, 0.25) is 0 Å². The molecule has 0 saturated carbocycles. The molecule has 0 fully saturated rings. The molecule has 20 heavy (non-hydrogen) atoms. The molecule has 1 heterocycles. The number of hydrogen-bond acceptors (Lipinski definition) is 2. The monoisotopic (exact) mass is 288 g/mol. The molecule has 0 aliphatic rings. The number of imidazole rings is 1. The van der Waals surface area contributed by atoms with Crippen LogP contribution in [0.15, 0.2) is 30.7 Å². The minimum absolute atomic E-state index is 0.0334. The smallest absolute Gasteiger partial charge is 0.382 e. The van der Waals surface area contributed by atoms with Gasteiger partial charge in [-0.25, -0.2) is 9.37 Å². The van der Waals surface area contributed by atoms with Gasteiger partial charge in [0.1, 0.15) is 11.9 Å². The van der Waals surface area contributed by atoms with Crippen LogP contribution >= 0.6 is 0 Å². The fourth-order valence-corrected chi connectivity index (χ4v) is 1.92. The first-order valence-electron chi connectivity index (χ1n) is 5.89. The number of rotatable bonds is 3. The SMILES string of the molecule is CCn1cncc1C(O)c1ccc(F)c(C(F)(F)F)c1. The fraction of sp³-hybridized carbons (Fsp3) is 0.308. The van der Waals surface area contributed by atoms with E-state index in [0.29, 0.717) is 24.4 Å². The molecule has 1 aromatic heterocycles. The van der Waals surface area contributed by atoms with Crippen LogP contribution in [0.1, 0.15) is 29.8 Å². The molecule has 7 heteroatoms. The molecule has 0 spiro atoms. The second-order valence-electron chi connectivity index (χ2n) is 4.24. The van der Waals surface area contributed by atoms with Crippen LogP contribution in [0.3, 0.4) is 0 Å². The number of aliphatic hydroxyl groups excluding tert-OH is 1. The Bertz CT molecular complexity index is 607. The third kappa shape index (κ3) is 2.67. The van der Waals surface area contributed by atoms with Crippen molar-refractivity contribution in [1.29, 1.82) is 0 Å². The van der Waals surface area contributed by atoms with E-state index in [2.05, 4.69) is 4.98 Å². The number of alkyl halides is 3. The largest absolute Gasteiger partial charge is 0.419 e. The van der Waals surface area contributed by atoms with Crippen LogP contribution in [0.4, 0.5) is 17.6 Å². The zero-order chi connectivity index (χ0) is 14.9. The van der Waals surface area contributed by atoms with E-state index in [-0.39, 0.29) is 5.56 Å². The third-order valence-corrected chi connectivity index (χ3v) is 2.98. The Morgan fingerprint density at radius 1 is 1.35 bits per heavy atom. The Labute approximate surface area is 112 Å². The summed E-state index contributed by atoms with van der Waals surface area (Å²) < 4.78 is 52.7. The average Bonchev–Trinajstić information content (AvgIpc) is 2.85. The Kier molecular flexibility index (Phi) is 3.80. The van der Waals surface area contributed by atoms with Crippen LogP contribution in [0.25, 0.3) is 0 Å². The van der Waals surface area contributed by atoms with Crippen LogP contribution < -0.4 is 0 Å². The molecule has 3 nitrogen and oxygen atoms in total. The first-order valence-corrected chi connectivity index (χ1v) is 5.89. The van der Waals surface area contributed by atoms with Crippen molar-refractivity contribution in [1.82, 2.24) is 9.55 Å².